The summed E-state index contributed by atoms with van der Waals surface area (Å²) < 4.78 is 41.3. The highest BCUT2D eigenvalue weighted by Crippen LogP contribution is 2.35. The average Bonchev–Trinajstić information content (AvgIpc) is 3.46. The van der Waals surface area contributed by atoms with Crippen molar-refractivity contribution in [2.45, 2.75) is 25.6 Å². The number of benzene rings is 1. The molecule has 3 N–H and O–H groups in total. The van der Waals surface area contributed by atoms with Gasteiger partial charge in [-0.2, -0.15) is 35.1 Å². The molecule has 0 bridgehead atoms. The van der Waals surface area contributed by atoms with Gasteiger partial charge in [0.1, 0.15) is 5.69 Å². The number of amides is 2. The summed E-state index contributed by atoms with van der Waals surface area (Å²) >= 11 is 14.1. The van der Waals surface area contributed by atoms with E-state index in [1.807, 2.05) is 20.1 Å². The molecule has 0 unspecified atom stereocenters. The van der Waals surface area contributed by atoms with Gasteiger partial charge in [-0.1, -0.05) is 23.2 Å². The van der Waals surface area contributed by atoms with Gasteiger partial charge in [0.05, 0.1) is 33.0 Å². The molecule has 0 saturated carbocycles. The van der Waals surface area contributed by atoms with Crippen molar-refractivity contribution in [3.05, 3.63) is 63.7 Å². The second kappa shape index (κ2) is 10.5. The summed E-state index contributed by atoms with van der Waals surface area (Å²) in [4.78, 5) is 30.8. The van der Waals surface area contributed by atoms with E-state index >= 15 is 0 Å². The Kier molecular flexibility index (Phi) is 7.64. The largest absolute Gasteiger partial charge is 0.435 e. The summed E-state index contributed by atoms with van der Waals surface area (Å²) in [5.74, 6) is -1.22. The molecule has 200 valence electrons. The molecule has 9 nitrogen and oxygen atoms in total. The molecule has 1 aromatic carbocycles. The van der Waals surface area contributed by atoms with Crippen molar-refractivity contribution in [3.8, 4) is 5.82 Å². The van der Waals surface area contributed by atoms with Gasteiger partial charge < -0.3 is 10.6 Å². The molecule has 0 spiro atoms. The molecule has 3 heterocycles. The van der Waals surface area contributed by atoms with Gasteiger partial charge in [0, 0.05) is 28.9 Å². The molecular formula is C23H20Cl2F3N7O2S. The zero-order valence-electron chi connectivity index (χ0n) is 20.1. The average molecular weight is 586 g/mol. The van der Waals surface area contributed by atoms with E-state index in [1.54, 1.807) is 0 Å². The first-order chi connectivity index (χ1) is 17.8. The maximum Gasteiger partial charge on any atom is 0.435 e. The Bertz CT molecular complexity index is 1540. The molecule has 0 atom stereocenters. The highest BCUT2D eigenvalue weighted by Gasteiger charge is 2.37. The van der Waals surface area contributed by atoms with Crippen LogP contribution in [0.5, 0.6) is 0 Å². The summed E-state index contributed by atoms with van der Waals surface area (Å²) in [6.07, 6.45) is -0.232. The summed E-state index contributed by atoms with van der Waals surface area (Å²) in [5.41, 5.74) is -2.39. The lowest BCUT2D eigenvalue weighted by atomic mass is 10.0. The number of aromatic nitrogens is 5. The number of fused-ring (bicyclic) bond motifs is 1. The van der Waals surface area contributed by atoms with E-state index in [2.05, 4.69) is 30.9 Å². The minimum Gasteiger partial charge on any atom is -0.346 e. The number of alkyl halides is 3. The Morgan fingerprint density at radius 3 is 2.55 bits per heavy atom. The smallest absolute Gasteiger partial charge is 0.346 e. The van der Waals surface area contributed by atoms with Crippen LogP contribution in [0.2, 0.25) is 10.0 Å². The first kappa shape index (κ1) is 27.7. The number of thioether (sulfide) groups is 1. The van der Waals surface area contributed by atoms with E-state index in [0.29, 0.717) is 21.9 Å². The van der Waals surface area contributed by atoms with Gasteiger partial charge in [-0.25, -0.2) is 9.67 Å². The molecule has 38 heavy (non-hydrogen) atoms. The van der Waals surface area contributed by atoms with Gasteiger partial charge in [-0.05, 0) is 38.3 Å². The standard InChI is InChI=1S/C23H20Cl2F3N7O2S/c1-22(2,10-38-3)32-21(37)16-17-11(9-30-33-17)7-13(25)18(16)31-20(36)14-8-15(23(26,27)28)34-35(14)19-12(24)5-4-6-29-19/h4-9H,10H2,1-3H3,(H,30,33)(H,31,36)(H,32,37). The minimum atomic E-state index is -4.86. The molecule has 4 aromatic rings. The number of carbonyl (C=O) groups excluding carboxylic acids is 2. The monoisotopic (exact) mass is 585 g/mol. The van der Waals surface area contributed by atoms with Gasteiger partial charge in [0.15, 0.2) is 11.5 Å². The van der Waals surface area contributed by atoms with Crippen LogP contribution >= 0.6 is 35.0 Å². The van der Waals surface area contributed by atoms with Gasteiger partial charge >= 0.3 is 6.18 Å². The first-order valence-corrected chi connectivity index (χ1v) is 13.0. The van der Waals surface area contributed by atoms with Gasteiger partial charge in [-0.3, -0.25) is 14.7 Å². The van der Waals surface area contributed by atoms with Crippen LogP contribution in [0, 0.1) is 0 Å². The van der Waals surface area contributed by atoms with Gasteiger partial charge in [0.2, 0.25) is 0 Å². The number of carbonyl (C=O) groups is 2. The number of rotatable bonds is 7. The van der Waals surface area contributed by atoms with Crippen LogP contribution in [-0.4, -0.2) is 54.3 Å². The molecule has 15 heteroatoms. The van der Waals surface area contributed by atoms with Crippen molar-refractivity contribution in [1.29, 1.82) is 0 Å². The predicted molar refractivity (Wildman–Crippen MR) is 140 cm³/mol. The second-order valence-electron chi connectivity index (χ2n) is 8.80. The lowest BCUT2D eigenvalue weighted by Gasteiger charge is -2.26. The molecule has 0 fully saturated rings. The second-order valence-corrected chi connectivity index (χ2v) is 10.5. The number of aromatic amines is 1. The van der Waals surface area contributed by atoms with E-state index in [4.69, 9.17) is 23.2 Å². The number of nitrogens with one attached hydrogen (secondary N) is 3. The van der Waals surface area contributed by atoms with Crippen molar-refractivity contribution < 1.29 is 22.8 Å². The van der Waals surface area contributed by atoms with Crippen LogP contribution < -0.4 is 10.6 Å². The fraction of sp³-hybridized carbons (Fsp3) is 0.261. The lowest BCUT2D eigenvalue weighted by molar-refractivity contribution is -0.141. The Morgan fingerprint density at radius 1 is 1.16 bits per heavy atom. The van der Waals surface area contributed by atoms with Gasteiger partial charge in [0.25, 0.3) is 11.8 Å². The first-order valence-electron chi connectivity index (χ1n) is 10.9. The minimum absolute atomic E-state index is 0.0296. The van der Waals surface area contributed by atoms with Crippen LogP contribution in [0.4, 0.5) is 18.9 Å². The summed E-state index contributed by atoms with van der Waals surface area (Å²) in [7, 11) is 0. The molecule has 0 aliphatic carbocycles. The molecule has 0 saturated heterocycles. The Labute approximate surface area is 228 Å². The maximum atomic E-state index is 13.5. The molecule has 0 aliphatic heterocycles. The van der Waals surface area contributed by atoms with E-state index in [9.17, 15) is 22.8 Å². The van der Waals surface area contributed by atoms with Crippen LogP contribution in [0.15, 0.2) is 36.7 Å². The Morgan fingerprint density at radius 2 is 1.89 bits per heavy atom. The third-order valence-electron chi connectivity index (χ3n) is 5.28. The van der Waals surface area contributed by atoms with Crippen molar-refractivity contribution in [2.75, 3.05) is 17.3 Å². The van der Waals surface area contributed by atoms with E-state index in [1.165, 1.54) is 42.4 Å². The summed E-state index contributed by atoms with van der Waals surface area (Å²) in [6.45, 7) is 3.64. The molecule has 4 rings (SSSR count). The number of nitrogens with zero attached hydrogens (tertiary/aromatic N) is 4. The van der Waals surface area contributed by atoms with E-state index < -0.39 is 34.9 Å². The zero-order chi connectivity index (χ0) is 27.8. The molecule has 0 radical (unpaired) electrons. The number of halogens is 5. The van der Waals surface area contributed by atoms with Crippen LogP contribution in [0.1, 0.15) is 40.4 Å². The van der Waals surface area contributed by atoms with E-state index in [0.717, 1.165) is 0 Å². The lowest BCUT2D eigenvalue weighted by Crippen LogP contribution is -2.45. The predicted octanol–water partition coefficient (Wildman–Crippen LogP) is 5.59. The molecule has 3 aromatic heterocycles. The highest BCUT2D eigenvalue weighted by molar-refractivity contribution is 7.98. The Hall–Kier alpha value is -3.29. The van der Waals surface area contributed by atoms with Gasteiger partial charge in [-0.15, -0.1) is 0 Å². The van der Waals surface area contributed by atoms with Crippen molar-refractivity contribution in [2.24, 2.45) is 0 Å². The van der Waals surface area contributed by atoms with Crippen LogP contribution in [-0.2, 0) is 6.18 Å². The number of pyridine rings is 1. The molecular weight excluding hydrogens is 566 g/mol. The van der Waals surface area contributed by atoms with Crippen molar-refractivity contribution in [1.82, 2.24) is 30.3 Å². The highest BCUT2D eigenvalue weighted by atomic mass is 35.5. The number of H-pyrrole nitrogens is 1. The van der Waals surface area contributed by atoms with Crippen molar-refractivity contribution >= 4 is 63.4 Å². The topological polar surface area (TPSA) is 118 Å². The molecule has 0 aliphatic rings. The third-order valence-corrected chi connectivity index (χ3v) is 6.89. The summed E-state index contributed by atoms with van der Waals surface area (Å²) in [5, 5.41) is 16.0. The quantitative estimate of drug-likeness (QED) is 0.260. The number of hydrogen-bond acceptors (Lipinski definition) is 6. The molecule has 2 amide bonds. The summed E-state index contributed by atoms with van der Waals surface area (Å²) in [6, 6.07) is 4.89. The Balaban J connectivity index is 1.82. The SMILES string of the molecule is CSCC(C)(C)NC(=O)c1c(NC(=O)c2cc(C(F)(F)F)nn2-c2ncccc2Cl)c(Cl)cc2cn[nH]c12. The zero-order valence-corrected chi connectivity index (χ0v) is 22.4. The van der Waals surface area contributed by atoms with Crippen molar-refractivity contribution in [3.63, 3.8) is 0 Å². The van der Waals surface area contributed by atoms with Crippen LogP contribution in [0.3, 0.4) is 0 Å². The fourth-order valence-corrected chi connectivity index (χ4v) is 4.98. The van der Waals surface area contributed by atoms with Crippen LogP contribution in [0.25, 0.3) is 16.7 Å². The third kappa shape index (κ3) is 5.59. The van der Waals surface area contributed by atoms with E-state index in [-0.39, 0.29) is 32.6 Å². The fourth-order valence-electron chi connectivity index (χ4n) is 3.73. The number of anilines is 1. The normalized spacial score (nSPS) is 12.1. The maximum absolute atomic E-state index is 13.5. The number of hydrogen-bond donors (Lipinski definition) is 3.